The van der Waals surface area contributed by atoms with Gasteiger partial charge in [-0.25, -0.2) is 0 Å². The van der Waals surface area contributed by atoms with Gasteiger partial charge in [-0.1, -0.05) is 27.2 Å². The van der Waals surface area contributed by atoms with Gasteiger partial charge in [0.1, 0.15) is 11.6 Å². The Bertz CT molecular complexity index is 403. The molecular formula is C16H28N2O2. The average Bonchev–Trinajstić information content (AvgIpc) is 2.30. The van der Waals surface area contributed by atoms with E-state index in [2.05, 4.69) is 12.2 Å². The largest absolute Gasteiger partial charge is 0.340 e. The zero-order valence-electron chi connectivity index (χ0n) is 13.4. The quantitative estimate of drug-likeness (QED) is 0.859. The number of amides is 2. The van der Waals surface area contributed by atoms with Crippen LogP contribution in [0.4, 0.5) is 0 Å². The van der Waals surface area contributed by atoms with E-state index in [1.165, 1.54) is 19.3 Å². The summed E-state index contributed by atoms with van der Waals surface area (Å²) in [6.07, 6.45) is 4.25. The molecule has 1 heterocycles. The lowest BCUT2D eigenvalue weighted by Gasteiger charge is -2.51. The van der Waals surface area contributed by atoms with Crippen LogP contribution in [0, 0.1) is 11.8 Å². The molecule has 20 heavy (non-hydrogen) atoms. The van der Waals surface area contributed by atoms with Crippen LogP contribution in [0.5, 0.6) is 0 Å². The highest BCUT2D eigenvalue weighted by Crippen LogP contribution is 2.36. The van der Waals surface area contributed by atoms with Crippen LogP contribution in [0.25, 0.3) is 0 Å². The van der Waals surface area contributed by atoms with Crippen molar-refractivity contribution in [3.63, 3.8) is 0 Å². The van der Waals surface area contributed by atoms with Gasteiger partial charge in [0, 0.05) is 6.04 Å². The Kier molecular flexibility index (Phi) is 4.12. The van der Waals surface area contributed by atoms with E-state index in [0.717, 1.165) is 0 Å². The molecule has 4 heteroatoms. The summed E-state index contributed by atoms with van der Waals surface area (Å²) in [5.74, 6) is 0.808. The monoisotopic (exact) mass is 280 g/mol. The summed E-state index contributed by atoms with van der Waals surface area (Å²) in [5.41, 5.74) is -0.736. The Hall–Kier alpha value is -1.06. The van der Waals surface area contributed by atoms with E-state index in [1.54, 1.807) is 0 Å². The Morgan fingerprint density at radius 2 is 1.90 bits per heavy atom. The topological polar surface area (TPSA) is 49.4 Å². The standard InChI is InChI=1S/C16H28N2O2/c1-6-16(5)15(20)18(11(4)12-8-7-9-12)13(10(2)3)14(19)17-16/h10-13H,6-9H2,1-5H3,(H,17,19). The molecule has 0 spiro atoms. The fraction of sp³-hybridized carbons (Fsp3) is 0.875. The predicted octanol–water partition coefficient (Wildman–Crippen LogP) is 2.33. The minimum atomic E-state index is -0.736. The highest BCUT2D eigenvalue weighted by atomic mass is 16.2. The Labute approximate surface area is 122 Å². The number of hydrogen-bond acceptors (Lipinski definition) is 2. The second-order valence-corrected chi connectivity index (χ2v) is 7.01. The number of rotatable bonds is 4. The van der Waals surface area contributed by atoms with E-state index >= 15 is 0 Å². The average molecular weight is 280 g/mol. The van der Waals surface area contributed by atoms with Gasteiger partial charge in [-0.05, 0) is 44.9 Å². The first-order valence-corrected chi connectivity index (χ1v) is 7.96. The van der Waals surface area contributed by atoms with E-state index < -0.39 is 5.54 Å². The van der Waals surface area contributed by atoms with Crippen molar-refractivity contribution in [2.45, 2.75) is 77.9 Å². The molecule has 3 atom stereocenters. The molecule has 1 saturated heterocycles. The molecule has 1 aliphatic heterocycles. The number of carbonyl (C=O) groups is 2. The van der Waals surface area contributed by atoms with Gasteiger partial charge in [0.05, 0.1) is 0 Å². The molecule has 2 aliphatic rings. The summed E-state index contributed by atoms with van der Waals surface area (Å²) in [6.45, 7) is 9.97. The van der Waals surface area contributed by atoms with Gasteiger partial charge >= 0.3 is 0 Å². The second-order valence-electron chi connectivity index (χ2n) is 7.01. The maximum atomic E-state index is 12.9. The highest BCUT2D eigenvalue weighted by molar-refractivity contribution is 5.99. The lowest BCUT2D eigenvalue weighted by atomic mass is 9.77. The fourth-order valence-corrected chi connectivity index (χ4v) is 3.39. The summed E-state index contributed by atoms with van der Waals surface area (Å²) in [6, 6.07) is -0.154. The molecule has 0 aromatic heterocycles. The molecule has 1 N–H and O–H groups in total. The van der Waals surface area contributed by atoms with E-state index in [4.69, 9.17) is 0 Å². The Balaban J connectivity index is 2.33. The van der Waals surface area contributed by atoms with E-state index in [1.807, 2.05) is 32.6 Å². The third kappa shape index (κ3) is 2.33. The van der Waals surface area contributed by atoms with E-state index in [0.29, 0.717) is 12.3 Å². The number of nitrogens with one attached hydrogen (secondary N) is 1. The molecule has 4 nitrogen and oxygen atoms in total. The molecular weight excluding hydrogens is 252 g/mol. The molecule has 0 bridgehead atoms. The second kappa shape index (κ2) is 5.38. The summed E-state index contributed by atoms with van der Waals surface area (Å²) in [4.78, 5) is 27.3. The molecule has 0 radical (unpaired) electrons. The summed E-state index contributed by atoms with van der Waals surface area (Å²) >= 11 is 0. The lowest BCUT2D eigenvalue weighted by Crippen LogP contribution is -2.72. The maximum Gasteiger partial charge on any atom is 0.248 e. The summed E-state index contributed by atoms with van der Waals surface area (Å²) in [5, 5.41) is 2.95. The zero-order valence-corrected chi connectivity index (χ0v) is 13.4. The third-order valence-electron chi connectivity index (χ3n) is 5.28. The molecule has 0 aromatic rings. The highest BCUT2D eigenvalue weighted by Gasteiger charge is 2.50. The molecule has 1 aliphatic carbocycles. The summed E-state index contributed by atoms with van der Waals surface area (Å²) < 4.78 is 0. The van der Waals surface area contributed by atoms with Crippen LogP contribution in [-0.4, -0.2) is 34.3 Å². The van der Waals surface area contributed by atoms with Gasteiger partial charge in [-0.3, -0.25) is 9.59 Å². The molecule has 3 unspecified atom stereocenters. The van der Waals surface area contributed by atoms with Crippen molar-refractivity contribution in [1.82, 2.24) is 10.2 Å². The predicted molar refractivity (Wildman–Crippen MR) is 79.1 cm³/mol. The van der Waals surface area contributed by atoms with Crippen LogP contribution in [0.2, 0.25) is 0 Å². The molecule has 2 fully saturated rings. The van der Waals surface area contributed by atoms with Crippen molar-refractivity contribution in [2.24, 2.45) is 11.8 Å². The molecule has 0 aromatic carbocycles. The van der Waals surface area contributed by atoms with Crippen LogP contribution >= 0.6 is 0 Å². The van der Waals surface area contributed by atoms with Crippen molar-refractivity contribution < 1.29 is 9.59 Å². The molecule has 1 saturated carbocycles. The smallest absolute Gasteiger partial charge is 0.248 e. The minimum Gasteiger partial charge on any atom is -0.340 e. The Morgan fingerprint density at radius 3 is 2.30 bits per heavy atom. The third-order valence-corrected chi connectivity index (χ3v) is 5.28. The van der Waals surface area contributed by atoms with Crippen LogP contribution in [0.15, 0.2) is 0 Å². The number of piperazine rings is 1. The molecule has 114 valence electrons. The van der Waals surface area contributed by atoms with Crippen molar-refractivity contribution in [1.29, 1.82) is 0 Å². The SMILES string of the molecule is CCC1(C)NC(=O)C(C(C)C)N(C(C)C2CCC2)C1=O. The van der Waals surface area contributed by atoms with Crippen LogP contribution in [0.1, 0.15) is 60.3 Å². The Morgan fingerprint density at radius 1 is 1.30 bits per heavy atom. The number of carbonyl (C=O) groups excluding carboxylic acids is 2. The first kappa shape index (κ1) is 15.3. The van der Waals surface area contributed by atoms with Crippen LogP contribution in [-0.2, 0) is 9.59 Å². The van der Waals surface area contributed by atoms with Crippen LogP contribution in [0.3, 0.4) is 0 Å². The fourth-order valence-electron chi connectivity index (χ4n) is 3.39. The normalized spacial score (nSPS) is 33.1. The first-order chi connectivity index (χ1) is 9.31. The summed E-state index contributed by atoms with van der Waals surface area (Å²) in [7, 11) is 0. The lowest BCUT2D eigenvalue weighted by molar-refractivity contribution is -0.161. The van der Waals surface area contributed by atoms with Crippen molar-refractivity contribution in [3.05, 3.63) is 0 Å². The van der Waals surface area contributed by atoms with Gasteiger partial charge in [-0.15, -0.1) is 0 Å². The maximum absolute atomic E-state index is 12.9. The first-order valence-electron chi connectivity index (χ1n) is 7.96. The van der Waals surface area contributed by atoms with Gasteiger partial charge in [-0.2, -0.15) is 0 Å². The number of hydrogen-bond donors (Lipinski definition) is 1. The van der Waals surface area contributed by atoms with Crippen molar-refractivity contribution in [2.75, 3.05) is 0 Å². The van der Waals surface area contributed by atoms with Gasteiger partial charge in [0.2, 0.25) is 11.8 Å². The number of nitrogens with zero attached hydrogens (tertiary/aromatic N) is 1. The van der Waals surface area contributed by atoms with E-state index in [-0.39, 0.29) is 29.8 Å². The van der Waals surface area contributed by atoms with Gasteiger partial charge in [0.25, 0.3) is 0 Å². The van der Waals surface area contributed by atoms with Gasteiger partial charge < -0.3 is 10.2 Å². The van der Waals surface area contributed by atoms with Crippen molar-refractivity contribution in [3.8, 4) is 0 Å². The van der Waals surface area contributed by atoms with Crippen molar-refractivity contribution >= 4 is 11.8 Å². The van der Waals surface area contributed by atoms with Crippen LogP contribution < -0.4 is 5.32 Å². The van der Waals surface area contributed by atoms with Gasteiger partial charge in [0.15, 0.2) is 0 Å². The zero-order chi connectivity index (χ0) is 15.1. The molecule has 2 amide bonds. The van der Waals surface area contributed by atoms with E-state index in [9.17, 15) is 9.59 Å². The minimum absolute atomic E-state index is 0.00937. The molecule has 2 rings (SSSR count).